The highest BCUT2D eigenvalue weighted by Crippen LogP contribution is 2.40. The van der Waals surface area contributed by atoms with Crippen LogP contribution in [0, 0.1) is 0 Å². The lowest BCUT2D eigenvalue weighted by atomic mass is 9.76. The summed E-state index contributed by atoms with van der Waals surface area (Å²) >= 11 is 0. The van der Waals surface area contributed by atoms with E-state index < -0.39 is 5.91 Å². The lowest BCUT2D eigenvalue weighted by molar-refractivity contribution is 0.100. The molecule has 1 aromatic carbocycles. The van der Waals surface area contributed by atoms with E-state index in [0.29, 0.717) is 11.1 Å². The van der Waals surface area contributed by atoms with Crippen LogP contribution in [0.4, 0.5) is 0 Å². The van der Waals surface area contributed by atoms with E-state index in [1.165, 1.54) is 6.42 Å². The van der Waals surface area contributed by atoms with Gasteiger partial charge in [-0.05, 0) is 44.4 Å². The van der Waals surface area contributed by atoms with E-state index in [1.807, 2.05) is 12.1 Å². The van der Waals surface area contributed by atoms with Crippen LogP contribution >= 0.6 is 0 Å². The number of H-pyrrole nitrogens is 1. The van der Waals surface area contributed by atoms with Gasteiger partial charge in [0, 0.05) is 0 Å². The Morgan fingerprint density at radius 3 is 2.90 bits per heavy atom. The molecule has 0 atom stereocenters. The molecule has 5 heteroatoms. The van der Waals surface area contributed by atoms with Crippen LogP contribution in [0.3, 0.4) is 0 Å². The van der Waals surface area contributed by atoms with Crippen molar-refractivity contribution in [3.63, 3.8) is 0 Å². The normalized spacial score (nSPS) is 17.1. The zero-order valence-electron chi connectivity index (χ0n) is 11.7. The molecule has 2 aromatic rings. The number of benzene rings is 1. The van der Waals surface area contributed by atoms with Crippen LogP contribution in [0.15, 0.2) is 18.2 Å². The summed E-state index contributed by atoms with van der Waals surface area (Å²) in [5.74, 6) is 0.499. The SMILES string of the molecule is CCCNC1(c2nc3c(C(N)=O)cccc3[nH]2)CCC1. The molecule has 1 heterocycles. The average molecular weight is 272 g/mol. The fourth-order valence-electron chi connectivity index (χ4n) is 2.85. The summed E-state index contributed by atoms with van der Waals surface area (Å²) in [5, 5.41) is 3.60. The van der Waals surface area contributed by atoms with E-state index in [4.69, 9.17) is 5.73 Å². The zero-order valence-corrected chi connectivity index (χ0v) is 11.7. The number of imidazole rings is 1. The smallest absolute Gasteiger partial charge is 0.250 e. The topological polar surface area (TPSA) is 83.8 Å². The summed E-state index contributed by atoms with van der Waals surface area (Å²) in [7, 11) is 0. The number of carbonyl (C=O) groups excluding carboxylic acids is 1. The van der Waals surface area contributed by atoms with Gasteiger partial charge in [-0.1, -0.05) is 13.0 Å². The molecular weight excluding hydrogens is 252 g/mol. The molecule has 1 aliphatic rings. The van der Waals surface area contributed by atoms with Crippen molar-refractivity contribution in [2.24, 2.45) is 5.73 Å². The summed E-state index contributed by atoms with van der Waals surface area (Å²) in [6.07, 6.45) is 4.46. The molecule has 4 N–H and O–H groups in total. The highest BCUT2D eigenvalue weighted by atomic mass is 16.1. The molecule has 20 heavy (non-hydrogen) atoms. The van der Waals surface area contributed by atoms with Crippen LogP contribution in [-0.2, 0) is 5.54 Å². The molecule has 0 bridgehead atoms. The second kappa shape index (κ2) is 4.90. The predicted octanol–water partition coefficient (Wildman–Crippen LogP) is 2.04. The van der Waals surface area contributed by atoms with Crippen molar-refractivity contribution in [1.29, 1.82) is 0 Å². The van der Waals surface area contributed by atoms with Crippen LogP contribution < -0.4 is 11.1 Å². The lowest BCUT2D eigenvalue weighted by Crippen LogP contribution is -2.49. The number of rotatable bonds is 5. The van der Waals surface area contributed by atoms with Crippen molar-refractivity contribution in [2.45, 2.75) is 38.1 Å². The number of nitrogens with zero attached hydrogens (tertiary/aromatic N) is 1. The molecule has 3 rings (SSSR count). The Hall–Kier alpha value is -1.88. The van der Waals surface area contributed by atoms with Gasteiger partial charge in [-0.3, -0.25) is 4.79 Å². The van der Waals surface area contributed by atoms with Crippen molar-refractivity contribution in [3.05, 3.63) is 29.6 Å². The first kappa shape index (κ1) is 13.1. The minimum atomic E-state index is -0.433. The van der Waals surface area contributed by atoms with Crippen molar-refractivity contribution < 1.29 is 4.79 Å². The largest absolute Gasteiger partial charge is 0.366 e. The molecule has 1 fully saturated rings. The first-order chi connectivity index (χ1) is 9.66. The number of aromatic amines is 1. The monoisotopic (exact) mass is 272 g/mol. The molecule has 0 saturated heterocycles. The van der Waals surface area contributed by atoms with Gasteiger partial charge >= 0.3 is 0 Å². The van der Waals surface area contributed by atoms with E-state index >= 15 is 0 Å². The van der Waals surface area contributed by atoms with Gasteiger partial charge in [-0.25, -0.2) is 4.98 Å². The van der Waals surface area contributed by atoms with Crippen LogP contribution in [0.25, 0.3) is 11.0 Å². The van der Waals surface area contributed by atoms with Gasteiger partial charge in [0.1, 0.15) is 11.3 Å². The minimum Gasteiger partial charge on any atom is -0.366 e. The van der Waals surface area contributed by atoms with Gasteiger partial charge in [0.2, 0.25) is 0 Å². The van der Waals surface area contributed by atoms with Crippen LogP contribution in [0.2, 0.25) is 0 Å². The molecule has 5 nitrogen and oxygen atoms in total. The molecule has 1 aliphatic carbocycles. The summed E-state index contributed by atoms with van der Waals surface area (Å²) in [4.78, 5) is 19.5. The van der Waals surface area contributed by atoms with E-state index in [9.17, 15) is 4.79 Å². The van der Waals surface area contributed by atoms with Crippen molar-refractivity contribution in [1.82, 2.24) is 15.3 Å². The Labute approximate surface area is 118 Å². The van der Waals surface area contributed by atoms with Gasteiger partial charge in [-0.15, -0.1) is 0 Å². The average Bonchev–Trinajstić information content (AvgIpc) is 2.81. The maximum atomic E-state index is 11.5. The van der Waals surface area contributed by atoms with Gasteiger partial charge < -0.3 is 16.0 Å². The second-order valence-corrected chi connectivity index (χ2v) is 5.51. The highest BCUT2D eigenvalue weighted by molar-refractivity contribution is 6.04. The van der Waals surface area contributed by atoms with Gasteiger partial charge in [-0.2, -0.15) is 0 Å². The number of amides is 1. The van der Waals surface area contributed by atoms with Crippen LogP contribution in [-0.4, -0.2) is 22.4 Å². The molecule has 1 aromatic heterocycles. The van der Waals surface area contributed by atoms with E-state index in [1.54, 1.807) is 6.07 Å². The molecule has 0 aliphatic heterocycles. The first-order valence-corrected chi connectivity index (χ1v) is 7.20. The maximum absolute atomic E-state index is 11.5. The Morgan fingerprint density at radius 2 is 2.30 bits per heavy atom. The number of primary amides is 1. The second-order valence-electron chi connectivity index (χ2n) is 5.51. The Kier molecular flexibility index (Phi) is 3.22. The molecule has 0 unspecified atom stereocenters. The lowest BCUT2D eigenvalue weighted by Gasteiger charge is -2.41. The summed E-state index contributed by atoms with van der Waals surface area (Å²) in [6.45, 7) is 3.13. The summed E-state index contributed by atoms with van der Waals surface area (Å²) in [5.41, 5.74) is 7.40. The van der Waals surface area contributed by atoms with Crippen LogP contribution in [0.1, 0.15) is 48.8 Å². The number of carbonyl (C=O) groups is 1. The molecule has 0 spiro atoms. The molecule has 1 saturated carbocycles. The maximum Gasteiger partial charge on any atom is 0.250 e. The molecule has 1 amide bonds. The first-order valence-electron chi connectivity index (χ1n) is 7.20. The summed E-state index contributed by atoms with van der Waals surface area (Å²) < 4.78 is 0. The summed E-state index contributed by atoms with van der Waals surface area (Å²) in [6, 6.07) is 5.49. The Balaban J connectivity index is 2.04. The van der Waals surface area contributed by atoms with E-state index in [2.05, 4.69) is 22.2 Å². The fourth-order valence-corrected chi connectivity index (χ4v) is 2.85. The number of nitrogens with one attached hydrogen (secondary N) is 2. The van der Waals surface area contributed by atoms with Gasteiger partial charge in [0.05, 0.1) is 16.6 Å². The highest BCUT2D eigenvalue weighted by Gasteiger charge is 2.40. The van der Waals surface area contributed by atoms with Crippen molar-refractivity contribution >= 4 is 16.9 Å². The Morgan fingerprint density at radius 1 is 1.50 bits per heavy atom. The van der Waals surface area contributed by atoms with E-state index in [0.717, 1.165) is 37.1 Å². The molecule has 106 valence electrons. The fraction of sp³-hybridized carbons (Fsp3) is 0.467. The number of nitrogens with two attached hydrogens (primary N) is 1. The third-order valence-electron chi connectivity index (χ3n) is 4.15. The standard InChI is InChI=1S/C15H20N4O/c1-2-9-17-15(7-4-8-15)14-18-11-6-3-5-10(13(16)20)12(11)19-14/h3,5-6,17H,2,4,7-9H2,1H3,(H2,16,20)(H,18,19). The number of aromatic nitrogens is 2. The third-order valence-corrected chi connectivity index (χ3v) is 4.15. The van der Waals surface area contributed by atoms with Crippen molar-refractivity contribution in [3.8, 4) is 0 Å². The number of para-hydroxylation sites is 1. The Bertz CT molecular complexity index is 642. The van der Waals surface area contributed by atoms with Crippen LogP contribution in [0.5, 0.6) is 0 Å². The third kappa shape index (κ3) is 1.98. The van der Waals surface area contributed by atoms with Gasteiger partial charge in [0.15, 0.2) is 0 Å². The quantitative estimate of drug-likeness (QED) is 0.778. The number of fused-ring (bicyclic) bond motifs is 1. The number of hydrogen-bond acceptors (Lipinski definition) is 3. The van der Waals surface area contributed by atoms with Gasteiger partial charge in [0.25, 0.3) is 5.91 Å². The number of hydrogen-bond donors (Lipinski definition) is 3. The zero-order chi connectivity index (χ0) is 14.2. The molecule has 0 radical (unpaired) electrons. The van der Waals surface area contributed by atoms with Crippen molar-refractivity contribution in [2.75, 3.05) is 6.54 Å². The minimum absolute atomic E-state index is 0.0516. The predicted molar refractivity (Wildman–Crippen MR) is 78.4 cm³/mol. The van der Waals surface area contributed by atoms with E-state index in [-0.39, 0.29) is 5.54 Å². The molecular formula is C15H20N4O.